The van der Waals surface area contributed by atoms with Gasteiger partial charge in [0.25, 0.3) is 0 Å². The summed E-state index contributed by atoms with van der Waals surface area (Å²) in [5, 5.41) is 0. The number of unbranched alkanes of at least 4 members (excludes halogenated alkanes) is 6. The molecule has 6 heteroatoms. The standard InChI is InChI=1S/C37H56N2S4/c1-7-38(8-2)35(40)42-25-17-13-11-15-23-37(24-16-12-14-18-26-43-36(41)39(9-3)10-4)33-27-29(5)19-21-31(33)32-22-20-30(6)28-34(32)37/h19-22,27-28H,7-18,23-26H2,1-6H3. The van der Waals surface area contributed by atoms with Gasteiger partial charge in [0.05, 0.1) is 0 Å². The maximum absolute atomic E-state index is 5.64. The first-order chi connectivity index (χ1) is 20.8. The third-order valence-corrected chi connectivity index (χ3v) is 12.4. The van der Waals surface area contributed by atoms with E-state index in [2.05, 4.69) is 87.7 Å². The van der Waals surface area contributed by atoms with Crippen molar-refractivity contribution in [3.63, 3.8) is 0 Å². The highest BCUT2D eigenvalue weighted by atomic mass is 32.2. The van der Waals surface area contributed by atoms with Crippen molar-refractivity contribution in [1.82, 2.24) is 9.80 Å². The number of rotatable bonds is 18. The van der Waals surface area contributed by atoms with Gasteiger partial charge in [-0.1, -0.05) is 134 Å². The Morgan fingerprint density at radius 1 is 0.581 bits per heavy atom. The molecule has 2 aromatic carbocycles. The summed E-state index contributed by atoms with van der Waals surface area (Å²) in [7, 11) is 0. The van der Waals surface area contributed by atoms with E-state index >= 15 is 0 Å². The largest absolute Gasteiger partial charge is 0.358 e. The van der Waals surface area contributed by atoms with Gasteiger partial charge in [0, 0.05) is 43.1 Å². The lowest BCUT2D eigenvalue weighted by atomic mass is 9.70. The van der Waals surface area contributed by atoms with Crippen LogP contribution in [-0.4, -0.2) is 56.1 Å². The van der Waals surface area contributed by atoms with Gasteiger partial charge in [-0.15, -0.1) is 0 Å². The molecule has 0 spiro atoms. The van der Waals surface area contributed by atoms with Gasteiger partial charge in [-0.2, -0.15) is 0 Å². The van der Waals surface area contributed by atoms with Crippen molar-refractivity contribution in [3.8, 4) is 11.1 Å². The van der Waals surface area contributed by atoms with Crippen LogP contribution in [0.3, 0.4) is 0 Å². The summed E-state index contributed by atoms with van der Waals surface area (Å²) in [4.78, 5) is 4.59. The van der Waals surface area contributed by atoms with E-state index < -0.39 is 0 Å². The summed E-state index contributed by atoms with van der Waals surface area (Å²) in [5.41, 5.74) is 9.04. The predicted molar refractivity (Wildman–Crippen MR) is 204 cm³/mol. The van der Waals surface area contributed by atoms with Crippen molar-refractivity contribution in [2.24, 2.45) is 0 Å². The van der Waals surface area contributed by atoms with E-state index in [1.807, 2.05) is 23.5 Å². The molecule has 2 nitrogen and oxygen atoms in total. The number of aryl methyl sites for hydroxylation is 2. The van der Waals surface area contributed by atoms with Crippen molar-refractivity contribution in [2.75, 3.05) is 37.7 Å². The van der Waals surface area contributed by atoms with Gasteiger partial charge in [0.1, 0.15) is 8.64 Å². The predicted octanol–water partition coefficient (Wildman–Crippen LogP) is 11.2. The number of fused-ring (bicyclic) bond motifs is 3. The lowest BCUT2D eigenvalue weighted by Crippen LogP contribution is -2.26. The minimum atomic E-state index is 0.140. The molecule has 0 heterocycles. The first-order valence-corrected chi connectivity index (χ1v) is 19.7. The van der Waals surface area contributed by atoms with E-state index in [-0.39, 0.29) is 5.41 Å². The van der Waals surface area contributed by atoms with Crippen molar-refractivity contribution in [3.05, 3.63) is 58.7 Å². The van der Waals surface area contributed by atoms with Gasteiger partial charge < -0.3 is 9.80 Å². The summed E-state index contributed by atoms with van der Waals surface area (Å²) in [6.07, 6.45) is 12.7. The van der Waals surface area contributed by atoms with Crippen LogP contribution >= 0.6 is 48.0 Å². The molecular weight excluding hydrogens is 601 g/mol. The number of hydrogen-bond acceptors (Lipinski definition) is 4. The Morgan fingerprint density at radius 3 is 1.33 bits per heavy atom. The lowest BCUT2D eigenvalue weighted by Gasteiger charge is -2.33. The quantitative estimate of drug-likeness (QED) is 0.115. The molecule has 0 saturated heterocycles. The zero-order chi connectivity index (χ0) is 31.2. The lowest BCUT2D eigenvalue weighted by molar-refractivity contribution is 0.401. The molecule has 0 atom stereocenters. The maximum Gasteiger partial charge on any atom is 0.136 e. The molecule has 43 heavy (non-hydrogen) atoms. The zero-order valence-corrected chi connectivity index (χ0v) is 31.1. The first kappa shape index (κ1) is 36.4. The summed E-state index contributed by atoms with van der Waals surface area (Å²) in [6, 6.07) is 14.4. The smallest absolute Gasteiger partial charge is 0.136 e. The van der Waals surface area contributed by atoms with Gasteiger partial charge in [-0.25, -0.2) is 0 Å². The number of benzene rings is 2. The monoisotopic (exact) mass is 656 g/mol. The fraction of sp³-hybridized carbons (Fsp3) is 0.622. The fourth-order valence-corrected chi connectivity index (χ4v) is 9.56. The maximum atomic E-state index is 5.64. The van der Waals surface area contributed by atoms with Gasteiger partial charge >= 0.3 is 0 Å². The average molecular weight is 657 g/mol. The van der Waals surface area contributed by atoms with Crippen LogP contribution in [0.5, 0.6) is 0 Å². The number of thioether (sulfide) groups is 2. The minimum absolute atomic E-state index is 0.140. The summed E-state index contributed by atoms with van der Waals surface area (Å²) < 4.78 is 2.14. The Morgan fingerprint density at radius 2 is 0.953 bits per heavy atom. The molecule has 1 aliphatic carbocycles. The number of thiocarbonyl (C=S) groups is 2. The fourth-order valence-electron chi connectivity index (χ4n) is 6.62. The second-order valence-corrected chi connectivity index (χ2v) is 15.5. The Bertz CT molecular complexity index is 1080. The number of hydrogen-bond donors (Lipinski definition) is 0. The molecule has 238 valence electrons. The summed E-state index contributed by atoms with van der Waals surface area (Å²) in [5.74, 6) is 2.28. The van der Waals surface area contributed by atoms with Crippen molar-refractivity contribution >= 4 is 56.6 Å². The first-order valence-electron chi connectivity index (χ1n) is 16.9. The highest BCUT2D eigenvalue weighted by Crippen LogP contribution is 2.54. The molecule has 0 fully saturated rings. The average Bonchev–Trinajstić information content (AvgIpc) is 3.25. The van der Waals surface area contributed by atoms with E-state index in [1.165, 1.54) is 86.5 Å². The van der Waals surface area contributed by atoms with Gasteiger partial charge in [0.15, 0.2) is 0 Å². The second kappa shape index (κ2) is 18.8. The van der Waals surface area contributed by atoms with Crippen molar-refractivity contribution < 1.29 is 0 Å². The van der Waals surface area contributed by atoms with Crippen LogP contribution in [0.1, 0.15) is 114 Å². The van der Waals surface area contributed by atoms with Crippen LogP contribution in [-0.2, 0) is 5.41 Å². The Hall–Kier alpha value is -1.08. The highest BCUT2D eigenvalue weighted by molar-refractivity contribution is 8.23. The van der Waals surface area contributed by atoms with Crippen LogP contribution in [0.25, 0.3) is 11.1 Å². The van der Waals surface area contributed by atoms with Crippen LogP contribution in [0.15, 0.2) is 36.4 Å². The van der Waals surface area contributed by atoms with Crippen LogP contribution in [0, 0.1) is 13.8 Å². The van der Waals surface area contributed by atoms with E-state index in [9.17, 15) is 0 Å². The molecule has 1 aliphatic rings. The SMILES string of the molecule is CCN(CC)C(=S)SCCCCCCC1(CCCCCCSC(=S)N(CC)CC)c2cc(C)ccc2-c2ccc(C)cc21. The molecular formula is C37H56N2S4. The van der Waals surface area contributed by atoms with Crippen LogP contribution in [0.4, 0.5) is 0 Å². The van der Waals surface area contributed by atoms with Crippen LogP contribution < -0.4 is 0 Å². The Kier molecular flexibility index (Phi) is 15.9. The second-order valence-electron chi connectivity index (χ2n) is 12.1. The Labute approximate surface area is 283 Å². The highest BCUT2D eigenvalue weighted by Gasteiger charge is 2.42. The molecule has 0 aromatic heterocycles. The molecule has 0 bridgehead atoms. The molecule has 0 N–H and O–H groups in total. The van der Waals surface area contributed by atoms with E-state index in [4.69, 9.17) is 24.4 Å². The molecule has 2 aromatic rings. The topological polar surface area (TPSA) is 6.48 Å². The van der Waals surface area contributed by atoms with Gasteiger partial charge in [-0.3, -0.25) is 0 Å². The van der Waals surface area contributed by atoms with E-state index in [0.29, 0.717) is 0 Å². The van der Waals surface area contributed by atoms with Crippen molar-refractivity contribution in [1.29, 1.82) is 0 Å². The van der Waals surface area contributed by atoms with Crippen molar-refractivity contribution in [2.45, 2.75) is 111 Å². The van der Waals surface area contributed by atoms with E-state index in [0.717, 1.165) is 46.3 Å². The van der Waals surface area contributed by atoms with Crippen LogP contribution in [0.2, 0.25) is 0 Å². The molecule has 0 saturated carbocycles. The molecule has 3 rings (SSSR count). The van der Waals surface area contributed by atoms with Gasteiger partial charge in [0.2, 0.25) is 0 Å². The molecule has 0 amide bonds. The zero-order valence-electron chi connectivity index (χ0n) is 27.8. The van der Waals surface area contributed by atoms with Gasteiger partial charge in [-0.05, 0) is 89.5 Å². The normalized spacial score (nSPS) is 13.1. The molecule has 0 unspecified atom stereocenters. The summed E-state index contributed by atoms with van der Waals surface area (Å²) in [6.45, 7) is 17.3. The van der Waals surface area contributed by atoms with E-state index in [1.54, 1.807) is 11.1 Å². The minimum Gasteiger partial charge on any atom is -0.358 e. The summed E-state index contributed by atoms with van der Waals surface area (Å²) >= 11 is 15.0. The number of nitrogens with zero attached hydrogens (tertiary/aromatic N) is 2. The third kappa shape index (κ3) is 9.95. The molecule has 0 radical (unpaired) electrons. The molecule has 0 aliphatic heterocycles. The third-order valence-electron chi connectivity index (χ3n) is 9.16. The Balaban J connectivity index is 1.62.